The molecule has 0 aliphatic carbocycles. The number of rotatable bonds is 6. The summed E-state index contributed by atoms with van der Waals surface area (Å²) in [5, 5.41) is 8.83. The van der Waals surface area contributed by atoms with E-state index < -0.39 is 17.2 Å². The first-order chi connectivity index (χ1) is 19.9. The number of amides is 1. The molecule has 3 heterocycles. The molecule has 0 radical (unpaired) electrons. The van der Waals surface area contributed by atoms with E-state index in [1.165, 1.54) is 0 Å². The molecule has 1 fully saturated rings. The van der Waals surface area contributed by atoms with Gasteiger partial charge < -0.3 is 19.7 Å². The van der Waals surface area contributed by atoms with Crippen LogP contribution in [0.4, 0.5) is 10.6 Å². The van der Waals surface area contributed by atoms with Crippen LogP contribution in [0.15, 0.2) is 47.1 Å². The van der Waals surface area contributed by atoms with E-state index >= 15 is 0 Å². The van der Waals surface area contributed by atoms with E-state index in [9.17, 15) is 4.79 Å². The van der Waals surface area contributed by atoms with Gasteiger partial charge >= 0.3 is 6.09 Å². The third-order valence-corrected chi connectivity index (χ3v) is 8.53. The summed E-state index contributed by atoms with van der Waals surface area (Å²) in [6.07, 6.45) is 1.02. The van der Waals surface area contributed by atoms with E-state index in [0.29, 0.717) is 75.4 Å². The number of carbonyl (C=O) groups is 1. The Morgan fingerprint density at radius 2 is 1.79 bits per heavy atom. The number of halogens is 3. The molecule has 1 N–H and O–H groups in total. The fourth-order valence-electron chi connectivity index (χ4n) is 4.92. The van der Waals surface area contributed by atoms with Crippen molar-refractivity contribution >= 4 is 62.2 Å². The van der Waals surface area contributed by atoms with Crippen LogP contribution in [0.2, 0.25) is 10.0 Å². The molecule has 222 valence electrons. The second-order valence-corrected chi connectivity index (χ2v) is 13.2. The predicted molar refractivity (Wildman–Crippen MR) is 170 cm³/mol. The molecule has 12 heteroatoms. The average Bonchev–Trinajstić information content (AvgIpc) is 3.26. The summed E-state index contributed by atoms with van der Waals surface area (Å²) < 4.78 is 13.2. The van der Waals surface area contributed by atoms with Crippen LogP contribution in [0.25, 0.3) is 22.4 Å². The monoisotopic (exact) mass is 674 g/mol. The SMILES string of the molecule is COc1ccc(Cn2nc(-c3cccc(Cl)c3Cl)c3nc(Br)c(N4CCC(C)(NC(=O)OC(C)(C)C)CC4)nc32)cc1. The van der Waals surface area contributed by atoms with Crippen LogP contribution in [0, 0.1) is 0 Å². The highest BCUT2D eigenvalue weighted by atomic mass is 79.9. The predicted octanol–water partition coefficient (Wildman–Crippen LogP) is 7.50. The van der Waals surface area contributed by atoms with Crippen LogP contribution in [-0.4, -0.2) is 57.2 Å². The summed E-state index contributed by atoms with van der Waals surface area (Å²) >= 11 is 16.7. The Hall–Kier alpha value is -3.08. The van der Waals surface area contributed by atoms with Gasteiger partial charge in [0.25, 0.3) is 0 Å². The molecule has 0 unspecified atom stereocenters. The minimum Gasteiger partial charge on any atom is -0.497 e. The van der Waals surface area contributed by atoms with Crippen molar-refractivity contribution in [3.63, 3.8) is 0 Å². The number of hydrogen-bond donors (Lipinski definition) is 1. The molecule has 42 heavy (non-hydrogen) atoms. The first-order valence-electron chi connectivity index (χ1n) is 13.6. The summed E-state index contributed by atoms with van der Waals surface area (Å²) in [5.41, 5.74) is 2.58. The first kappa shape index (κ1) is 30.4. The van der Waals surface area contributed by atoms with E-state index in [1.54, 1.807) is 13.2 Å². The maximum atomic E-state index is 12.5. The van der Waals surface area contributed by atoms with Gasteiger partial charge in [-0.2, -0.15) is 5.10 Å². The Labute approximate surface area is 263 Å². The fraction of sp³-hybridized carbons (Fsp3) is 0.400. The third-order valence-electron chi connectivity index (χ3n) is 7.17. The summed E-state index contributed by atoms with van der Waals surface area (Å²) in [6, 6.07) is 13.3. The number of hydrogen-bond acceptors (Lipinski definition) is 7. The lowest BCUT2D eigenvalue weighted by Gasteiger charge is -2.40. The van der Waals surface area contributed by atoms with Crippen molar-refractivity contribution in [2.24, 2.45) is 0 Å². The van der Waals surface area contributed by atoms with Crippen LogP contribution < -0.4 is 15.0 Å². The number of ether oxygens (including phenoxy) is 2. The molecule has 2 aromatic carbocycles. The largest absolute Gasteiger partial charge is 0.497 e. The van der Waals surface area contributed by atoms with E-state index in [4.69, 9.17) is 47.7 Å². The highest BCUT2D eigenvalue weighted by molar-refractivity contribution is 9.10. The lowest BCUT2D eigenvalue weighted by atomic mass is 9.90. The van der Waals surface area contributed by atoms with Gasteiger partial charge in [-0.05, 0) is 80.2 Å². The molecule has 0 bridgehead atoms. The van der Waals surface area contributed by atoms with Crippen LogP contribution >= 0.6 is 39.1 Å². The molecule has 9 nitrogen and oxygen atoms in total. The molecule has 1 aliphatic heterocycles. The van der Waals surface area contributed by atoms with Gasteiger partial charge in [0.05, 0.1) is 23.7 Å². The smallest absolute Gasteiger partial charge is 0.408 e. The normalized spacial score (nSPS) is 15.1. The summed E-state index contributed by atoms with van der Waals surface area (Å²) in [5.74, 6) is 1.49. The highest BCUT2D eigenvalue weighted by Gasteiger charge is 2.34. The van der Waals surface area contributed by atoms with Crippen LogP contribution in [-0.2, 0) is 11.3 Å². The molecule has 2 aromatic heterocycles. The van der Waals surface area contributed by atoms with Crippen LogP contribution in [0.1, 0.15) is 46.1 Å². The Balaban J connectivity index is 1.48. The van der Waals surface area contributed by atoms with Crippen LogP contribution in [0.5, 0.6) is 5.75 Å². The maximum absolute atomic E-state index is 12.5. The molecule has 1 saturated heterocycles. The second-order valence-electron chi connectivity index (χ2n) is 11.6. The molecular formula is C30H33BrCl2N6O3. The van der Waals surface area contributed by atoms with Crippen molar-refractivity contribution in [2.45, 2.75) is 58.2 Å². The van der Waals surface area contributed by atoms with Gasteiger partial charge in [-0.15, -0.1) is 0 Å². The molecule has 0 atom stereocenters. The van der Waals surface area contributed by atoms with Crippen molar-refractivity contribution < 1.29 is 14.3 Å². The minimum atomic E-state index is -0.556. The molecule has 0 saturated carbocycles. The van der Waals surface area contributed by atoms with E-state index in [-0.39, 0.29) is 0 Å². The van der Waals surface area contributed by atoms with E-state index in [0.717, 1.165) is 11.3 Å². The van der Waals surface area contributed by atoms with Gasteiger partial charge in [-0.25, -0.2) is 19.4 Å². The Kier molecular flexibility index (Phi) is 8.60. The zero-order valence-electron chi connectivity index (χ0n) is 24.2. The third kappa shape index (κ3) is 6.61. The van der Waals surface area contributed by atoms with Crippen molar-refractivity contribution in [1.82, 2.24) is 25.1 Å². The number of piperidine rings is 1. The van der Waals surface area contributed by atoms with Gasteiger partial charge in [0.1, 0.15) is 27.2 Å². The molecule has 1 amide bonds. The molecular weight excluding hydrogens is 643 g/mol. The number of nitrogens with one attached hydrogen (secondary N) is 1. The zero-order valence-corrected chi connectivity index (χ0v) is 27.3. The van der Waals surface area contributed by atoms with Crippen LogP contribution in [0.3, 0.4) is 0 Å². The standard InChI is InChI=1S/C30H33BrCl2N6O3/c1-29(2,3)42-28(40)36-30(4)13-15-38(16-14-30)27-25(31)34-24-23(20-7-6-8-21(32)22(20)33)37-39(26(24)35-27)17-18-9-11-19(41-5)12-10-18/h6-12H,13-17H2,1-5H3,(H,36,40). The van der Waals surface area contributed by atoms with Crippen molar-refractivity contribution in [1.29, 1.82) is 0 Å². The van der Waals surface area contributed by atoms with Gasteiger partial charge in [-0.3, -0.25) is 0 Å². The van der Waals surface area contributed by atoms with E-state index in [2.05, 4.69) is 26.1 Å². The van der Waals surface area contributed by atoms with Crippen molar-refractivity contribution in [3.8, 4) is 17.0 Å². The lowest BCUT2D eigenvalue weighted by molar-refractivity contribution is 0.0448. The Morgan fingerprint density at radius 3 is 2.43 bits per heavy atom. The van der Waals surface area contributed by atoms with Gasteiger partial charge in [0.2, 0.25) is 0 Å². The molecule has 0 spiro atoms. The number of nitrogens with zero attached hydrogens (tertiary/aromatic N) is 5. The number of aromatic nitrogens is 4. The summed E-state index contributed by atoms with van der Waals surface area (Å²) in [4.78, 5) is 24.7. The first-order valence-corrected chi connectivity index (χ1v) is 15.2. The average molecular weight is 676 g/mol. The topological polar surface area (TPSA) is 94.4 Å². The molecule has 1 aliphatic rings. The minimum absolute atomic E-state index is 0.393. The number of carbonyl (C=O) groups excluding carboxylic acids is 1. The van der Waals surface area contributed by atoms with E-state index in [1.807, 2.05) is 68.8 Å². The number of benzene rings is 2. The maximum Gasteiger partial charge on any atom is 0.408 e. The number of methoxy groups -OCH3 is 1. The number of alkyl carbamates (subject to hydrolysis) is 1. The van der Waals surface area contributed by atoms with Crippen molar-refractivity contribution in [2.75, 3.05) is 25.1 Å². The molecule has 5 rings (SSSR count). The van der Waals surface area contributed by atoms with Gasteiger partial charge in [0, 0.05) is 24.2 Å². The fourth-order valence-corrected chi connectivity index (χ4v) is 5.83. The van der Waals surface area contributed by atoms with Gasteiger partial charge in [0.15, 0.2) is 11.5 Å². The Morgan fingerprint density at radius 1 is 1.10 bits per heavy atom. The Bertz CT molecular complexity index is 1610. The summed E-state index contributed by atoms with van der Waals surface area (Å²) in [7, 11) is 1.64. The number of fused-ring (bicyclic) bond motifs is 1. The van der Waals surface area contributed by atoms with Gasteiger partial charge in [-0.1, -0.05) is 47.5 Å². The van der Waals surface area contributed by atoms with Crippen molar-refractivity contribution in [3.05, 3.63) is 62.7 Å². The highest BCUT2D eigenvalue weighted by Crippen LogP contribution is 2.38. The molecule has 4 aromatic rings. The second kappa shape index (κ2) is 11.9. The zero-order chi connectivity index (χ0) is 30.2. The number of anilines is 1. The lowest BCUT2D eigenvalue weighted by Crippen LogP contribution is -2.54. The summed E-state index contributed by atoms with van der Waals surface area (Å²) in [6.45, 7) is 9.42. The quantitative estimate of drug-likeness (QED) is 0.226.